The highest BCUT2D eigenvalue weighted by molar-refractivity contribution is 7.15. The average Bonchev–Trinajstić information content (AvgIpc) is 3.41. The van der Waals surface area contributed by atoms with Crippen molar-refractivity contribution in [2.45, 2.75) is 13.8 Å². The molecular formula is C20H15N5O2S. The van der Waals surface area contributed by atoms with Crippen LogP contribution in [0, 0.1) is 13.8 Å². The largest absolute Gasteiger partial charge is 0.335 e. The second-order valence-electron chi connectivity index (χ2n) is 6.51. The van der Waals surface area contributed by atoms with Crippen molar-refractivity contribution < 1.29 is 9.32 Å². The number of nitrogens with zero attached hydrogens (tertiary/aromatic N) is 3. The second kappa shape index (κ2) is 6.28. The minimum Gasteiger partial charge on any atom is -0.335 e. The average molecular weight is 389 g/mol. The Morgan fingerprint density at radius 2 is 2.11 bits per heavy atom. The van der Waals surface area contributed by atoms with Crippen LogP contribution >= 0.6 is 11.3 Å². The molecule has 4 heterocycles. The van der Waals surface area contributed by atoms with E-state index in [9.17, 15) is 4.79 Å². The molecule has 0 atom stereocenters. The number of H-pyrrole nitrogens is 1. The predicted octanol–water partition coefficient (Wildman–Crippen LogP) is 4.70. The lowest BCUT2D eigenvalue weighted by Gasteiger charge is -2.08. The summed E-state index contributed by atoms with van der Waals surface area (Å²) in [6, 6.07) is 11.4. The summed E-state index contributed by atoms with van der Waals surface area (Å²) in [5.41, 5.74) is 3.57. The molecule has 5 aromatic rings. The fourth-order valence-corrected chi connectivity index (χ4v) is 4.06. The van der Waals surface area contributed by atoms with Gasteiger partial charge in [0.25, 0.3) is 11.6 Å². The number of rotatable bonds is 3. The number of carbonyl (C=O) groups is 1. The summed E-state index contributed by atoms with van der Waals surface area (Å²) in [6.07, 6.45) is 1.72. The summed E-state index contributed by atoms with van der Waals surface area (Å²) in [4.78, 5) is 19.9. The first-order chi connectivity index (χ1) is 13.6. The quantitative estimate of drug-likeness (QED) is 0.466. The number of amides is 1. The van der Waals surface area contributed by atoms with Gasteiger partial charge in [0.1, 0.15) is 0 Å². The number of aromatic amines is 1. The number of hydrogen-bond donors (Lipinski definition) is 2. The van der Waals surface area contributed by atoms with Crippen LogP contribution in [0.1, 0.15) is 20.9 Å². The molecule has 0 aliphatic carbocycles. The Bertz CT molecular complexity index is 1350. The maximum atomic E-state index is 13.2. The van der Waals surface area contributed by atoms with Gasteiger partial charge in [-0.1, -0.05) is 17.3 Å². The Balaban J connectivity index is 1.63. The molecule has 0 radical (unpaired) electrons. The summed E-state index contributed by atoms with van der Waals surface area (Å²) in [7, 11) is 0. The first kappa shape index (κ1) is 16.6. The van der Waals surface area contributed by atoms with E-state index in [1.807, 2.05) is 37.3 Å². The molecule has 8 heteroatoms. The smallest absolute Gasteiger partial charge is 0.259 e. The lowest BCUT2D eigenvalue weighted by Crippen LogP contribution is -2.13. The Labute approximate surface area is 163 Å². The molecule has 5 rings (SSSR count). The number of pyridine rings is 1. The molecule has 1 amide bonds. The molecule has 0 aliphatic rings. The van der Waals surface area contributed by atoms with E-state index in [0.29, 0.717) is 33.7 Å². The lowest BCUT2D eigenvalue weighted by atomic mass is 10.1. The third kappa shape index (κ3) is 2.66. The number of benzene rings is 1. The molecule has 0 saturated heterocycles. The first-order valence-electron chi connectivity index (χ1n) is 8.67. The minimum absolute atomic E-state index is 0.254. The summed E-state index contributed by atoms with van der Waals surface area (Å²) in [6.45, 7) is 3.83. The Kier molecular flexibility index (Phi) is 3.73. The molecule has 0 saturated carbocycles. The second-order valence-corrected chi connectivity index (χ2v) is 7.80. The fourth-order valence-electron chi connectivity index (χ4n) is 3.23. The molecule has 1 aromatic carbocycles. The Morgan fingerprint density at radius 3 is 2.93 bits per heavy atom. The van der Waals surface area contributed by atoms with Gasteiger partial charge in [0, 0.05) is 10.3 Å². The molecule has 28 heavy (non-hydrogen) atoms. The number of hydrogen-bond acceptors (Lipinski definition) is 6. The van der Waals surface area contributed by atoms with Crippen LogP contribution in [0.5, 0.6) is 0 Å². The molecule has 0 unspecified atom stereocenters. The predicted molar refractivity (Wildman–Crippen MR) is 109 cm³/mol. The van der Waals surface area contributed by atoms with Crippen molar-refractivity contribution in [3.05, 3.63) is 58.7 Å². The van der Waals surface area contributed by atoms with Crippen molar-refractivity contribution in [3.8, 4) is 10.6 Å². The van der Waals surface area contributed by atoms with E-state index in [0.717, 1.165) is 15.8 Å². The number of fused-ring (bicyclic) bond motifs is 2. The summed E-state index contributed by atoms with van der Waals surface area (Å²) >= 11 is 1.61. The molecule has 7 nitrogen and oxygen atoms in total. The highest BCUT2D eigenvalue weighted by atomic mass is 32.1. The van der Waals surface area contributed by atoms with Crippen LogP contribution in [-0.4, -0.2) is 26.2 Å². The third-order valence-electron chi connectivity index (χ3n) is 4.58. The summed E-state index contributed by atoms with van der Waals surface area (Å²) in [5.74, 6) is -0.254. The van der Waals surface area contributed by atoms with Crippen molar-refractivity contribution in [2.24, 2.45) is 0 Å². The molecule has 0 aliphatic heterocycles. The van der Waals surface area contributed by atoms with Crippen molar-refractivity contribution in [1.82, 2.24) is 20.3 Å². The topological polar surface area (TPSA) is 96.7 Å². The van der Waals surface area contributed by atoms with Crippen molar-refractivity contribution >= 4 is 44.9 Å². The zero-order valence-electron chi connectivity index (χ0n) is 15.1. The monoisotopic (exact) mass is 389 g/mol. The Morgan fingerprint density at radius 1 is 1.21 bits per heavy atom. The zero-order chi connectivity index (χ0) is 19.3. The van der Waals surface area contributed by atoms with Crippen LogP contribution in [0.4, 0.5) is 5.69 Å². The number of thiophene rings is 1. The minimum atomic E-state index is -0.254. The molecule has 138 valence electrons. The van der Waals surface area contributed by atoms with E-state index in [2.05, 4.69) is 25.7 Å². The van der Waals surface area contributed by atoms with Gasteiger partial charge in [0.05, 0.1) is 44.6 Å². The van der Waals surface area contributed by atoms with Gasteiger partial charge in [-0.2, -0.15) is 5.10 Å². The van der Waals surface area contributed by atoms with Gasteiger partial charge in [0.15, 0.2) is 0 Å². The van der Waals surface area contributed by atoms with Gasteiger partial charge in [-0.25, -0.2) is 4.98 Å². The van der Waals surface area contributed by atoms with E-state index in [1.165, 1.54) is 4.88 Å². The number of nitrogens with one attached hydrogen (secondary N) is 2. The van der Waals surface area contributed by atoms with Gasteiger partial charge < -0.3 is 9.84 Å². The standard InChI is InChI=1S/C20H15N5O2S/c1-10-6-7-16(28-10)15-8-13(17-11(2)25-27-20(17)23-15)19(26)22-14-5-3-4-12-9-21-24-18(12)14/h3-9H,1-2H3,(H,21,24)(H,22,26). The number of aryl methyl sites for hydroxylation is 2. The normalized spacial score (nSPS) is 11.4. The molecular weight excluding hydrogens is 374 g/mol. The summed E-state index contributed by atoms with van der Waals surface area (Å²) < 4.78 is 5.36. The maximum Gasteiger partial charge on any atom is 0.259 e. The zero-order valence-corrected chi connectivity index (χ0v) is 15.9. The number of aromatic nitrogens is 4. The highest BCUT2D eigenvalue weighted by Gasteiger charge is 2.20. The molecule has 0 bridgehead atoms. The van der Waals surface area contributed by atoms with E-state index in [4.69, 9.17) is 4.52 Å². The van der Waals surface area contributed by atoms with E-state index < -0.39 is 0 Å². The molecule has 0 fully saturated rings. The van der Waals surface area contributed by atoms with Gasteiger partial charge in [-0.3, -0.25) is 9.89 Å². The molecule has 2 N–H and O–H groups in total. The van der Waals surface area contributed by atoms with Crippen molar-refractivity contribution in [2.75, 3.05) is 5.32 Å². The first-order valence-corrected chi connectivity index (χ1v) is 9.49. The van der Waals surface area contributed by atoms with Gasteiger partial charge in [-0.05, 0) is 38.1 Å². The van der Waals surface area contributed by atoms with E-state index in [1.54, 1.807) is 30.5 Å². The SMILES string of the molecule is Cc1ccc(-c2cc(C(=O)Nc3cccc4cn[nH]c34)c3c(C)noc3n2)s1. The van der Waals surface area contributed by atoms with Gasteiger partial charge >= 0.3 is 0 Å². The van der Waals surface area contributed by atoms with Crippen molar-refractivity contribution in [3.63, 3.8) is 0 Å². The molecule has 0 spiro atoms. The maximum absolute atomic E-state index is 13.2. The third-order valence-corrected chi connectivity index (χ3v) is 5.60. The fraction of sp³-hybridized carbons (Fsp3) is 0.100. The number of carbonyl (C=O) groups excluding carboxylic acids is 1. The van der Waals surface area contributed by atoms with Crippen LogP contribution in [-0.2, 0) is 0 Å². The van der Waals surface area contributed by atoms with Crippen LogP contribution in [0.25, 0.3) is 32.6 Å². The number of para-hydroxylation sites is 1. The highest BCUT2D eigenvalue weighted by Crippen LogP contribution is 2.31. The van der Waals surface area contributed by atoms with Gasteiger partial charge in [-0.15, -0.1) is 11.3 Å². The van der Waals surface area contributed by atoms with Crippen LogP contribution in [0.15, 0.2) is 47.1 Å². The lowest BCUT2D eigenvalue weighted by molar-refractivity contribution is 0.102. The van der Waals surface area contributed by atoms with E-state index >= 15 is 0 Å². The van der Waals surface area contributed by atoms with Crippen LogP contribution in [0.3, 0.4) is 0 Å². The Hall–Kier alpha value is -3.52. The van der Waals surface area contributed by atoms with E-state index in [-0.39, 0.29) is 5.91 Å². The number of anilines is 1. The van der Waals surface area contributed by atoms with Crippen LogP contribution in [0.2, 0.25) is 0 Å². The van der Waals surface area contributed by atoms with Crippen molar-refractivity contribution in [1.29, 1.82) is 0 Å². The van der Waals surface area contributed by atoms with Crippen LogP contribution < -0.4 is 5.32 Å². The summed E-state index contributed by atoms with van der Waals surface area (Å²) in [5, 5.41) is 15.5. The molecule has 4 aromatic heterocycles. The van der Waals surface area contributed by atoms with Gasteiger partial charge in [0.2, 0.25) is 0 Å².